The van der Waals surface area contributed by atoms with E-state index in [1.165, 1.54) is 12.3 Å². The van der Waals surface area contributed by atoms with Crippen LogP contribution in [-0.4, -0.2) is 29.5 Å². The highest BCUT2D eigenvalue weighted by Gasteiger charge is 2.35. The lowest BCUT2D eigenvalue weighted by Gasteiger charge is -2.22. The summed E-state index contributed by atoms with van der Waals surface area (Å²) in [7, 11) is 0. The molecule has 2 rings (SSSR count). The summed E-state index contributed by atoms with van der Waals surface area (Å²) in [5, 5.41) is 11.3. The Bertz CT molecular complexity index is 482. The molecule has 0 spiro atoms. The topological polar surface area (TPSA) is 85.3 Å². The van der Waals surface area contributed by atoms with E-state index in [9.17, 15) is 10.1 Å². The average molecular weight is 271 g/mol. The van der Waals surface area contributed by atoms with E-state index in [0.717, 1.165) is 13.0 Å². The number of nitrogens with zero attached hydrogens (tertiary/aromatic N) is 3. The van der Waals surface area contributed by atoms with Crippen molar-refractivity contribution in [2.24, 2.45) is 11.1 Å². The Balaban J connectivity index is 2.32. The lowest BCUT2D eigenvalue weighted by molar-refractivity contribution is -0.384. The molecular formula is C11H15ClN4O2. The standard InChI is InChI=1S/C11H15ClN4O2/c1-11(6-13)2-3-15(7-11)10-9(16(17)18)4-8(12)5-14-10/h4-5H,2-3,6-7,13H2,1H3. The van der Waals surface area contributed by atoms with Crippen molar-refractivity contribution in [1.82, 2.24) is 4.98 Å². The van der Waals surface area contributed by atoms with Gasteiger partial charge in [-0.2, -0.15) is 0 Å². The maximum atomic E-state index is 11.0. The van der Waals surface area contributed by atoms with Crippen LogP contribution >= 0.6 is 11.6 Å². The second kappa shape index (κ2) is 4.70. The molecule has 0 bridgehead atoms. The molecule has 98 valence electrons. The van der Waals surface area contributed by atoms with Crippen LogP contribution in [0.2, 0.25) is 5.02 Å². The molecule has 18 heavy (non-hydrogen) atoms. The first-order valence-electron chi connectivity index (χ1n) is 5.70. The van der Waals surface area contributed by atoms with Crippen molar-refractivity contribution in [1.29, 1.82) is 0 Å². The number of nitro groups is 1. The zero-order valence-electron chi connectivity index (χ0n) is 10.1. The molecule has 0 aromatic carbocycles. The number of hydrogen-bond acceptors (Lipinski definition) is 5. The number of pyridine rings is 1. The smallest absolute Gasteiger partial charge is 0.313 e. The molecule has 0 radical (unpaired) electrons. The SMILES string of the molecule is CC1(CN)CCN(c2ncc(Cl)cc2[N+](=O)[O-])C1. The van der Waals surface area contributed by atoms with Crippen LogP contribution in [0.25, 0.3) is 0 Å². The number of rotatable bonds is 3. The van der Waals surface area contributed by atoms with Crippen LogP contribution in [0.1, 0.15) is 13.3 Å². The van der Waals surface area contributed by atoms with Gasteiger partial charge in [-0.1, -0.05) is 18.5 Å². The molecular weight excluding hydrogens is 256 g/mol. The van der Waals surface area contributed by atoms with Crippen LogP contribution in [0.15, 0.2) is 12.3 Å². The molecule has 1 fully saturated rings. The largest absolute Gasteiger partial charge is 0.350 e. The molecule has 0 saturated carbocycles. The molecule has 2 heterocycles. The minimum atomic E-state index is -0.452. The lowest BCUT2D eigenvalue weighted by Crippen LogP contribution is -2.31. The summed E-state index contributed by atoms with van der Waals surface area (Å²) in [5.74, 6) is 0.376. The summed E-state index contributed by atoms with van der Waals surface area (Å²) in [4.78, 5) is 16.6. The molecule has 0 aliphatic carbocycles. The van der Waals surface area contributed by atoms with Crippen molar-refractivity contribution < 1.29 is 4.92 Å². The Morgan fingerprint density at radius 2 is 2.44 bits per heavy atom. The minimum Gasteiger partial charge on any atom is -0.350 e. The number of anilines is 1. The molecule has 7 heteroatoms. The number of nitrogens with two attached hydrogens (primary N) is 1. The maximum absolute atomic E-state index is 11.0. The summed E-state index contributed by atoms with van der Waals surface area (Å²) >= 11 is 5.75. The maximum Gasteiger partial charge on any atom is 0.313 e. The Labute approximate surface area is 110 Å². The molecule has 1 saturated heterocycles. The molecule has 1 unspecified atom stereocenters. The molecule has 1 aromatic heterocycles. The third-order valence-electron chi connectivity index (χ3n) is 3.36. The molecule has 0 amide bonds. The van der Waals surface area contributed by atoms with E-state index in [-0.39, 0.29) is 16.1 Å². The van der Waals surface area contributed by atoms with Crippen molar-refractivity contribution in [3.8, 4) is 0 Å². The summed E-state index contributed by atoms with van der Waals surface area (Å²) < 4.78 is 0. The second-order valence-corrected chi connectivity index (χ2v) is 5.38. The number of halogens is 1. The minimum absolute atomic E-state index is 0.00478. The Morgan fingerprint density at radius 1 is 1.72 bits per heavy atom. The first-order valence-corrected chi connectivity index (χ1v) is 6.08. The van der Waals surface area contributed by atoms with Gasteiger partial charge >= 0.3 is 5.69 Å². The first-order chi connectivity index (χ1) is 8.45. The van der Waals surface area contributed by atoms with Crippen molar-refractivity contribution in [3.05, 3.63) is 27.4 Å². The third kappa shape index (κ3) is 2.39. The van der Waals surface area contributed by atoms with E-state index in [2.05, 4.69) is 11.9 Å². The fourth-order valence-corrected chi connectivity index (χ4v) is 2.32. The van der Waals surface area contributed by atoms with E-state index in [1.54, 1.807) is 0 Å². The fraction of sp³-hybridized carbons (Fsp3) is 0.545. The van der Waals surface area contributed by atoms with Crippen molar-refractivity contribution in [2.45, 2.75) is 13.3 Å². The third-order valence-corrected chi connectivity index (χ3v) is 3.57. The van der Waals surface area contributed by atoms with Crippen LogP contribution in [0.3, 0.4) is 0 Å². The summed E-state index contributed by atoms with van der Waals surface area (Å²) in [6.45, 7) is 4.04. The highest BCUT2D eigenvalue weighted by Crippen LogP contribution is 2.36. The summed E-state index contributed by atoms with van der Waals surface area (Å²) in [6.07, 6.45) is 2.34. The molecule has 2 N–H and O–H groups in total. The second-order valence-electron chi connectivity index (χ2n) is 4.94. The molecule has 1 atom stereocenters. The Hall–Kier alpha value is -1.40. The van der Waals surface area contributed by atoms with Gasteiger partial charge in [-0.3, -0.25) is 10.1 Å². The van der Waals surface area contributed by atoms with Gasteiger partial charge in [0.2, 0.25) is 5.82 Å². The Kier molecular flexibility index (Phi) is 3.41. The number of aromatic nitrogens is 1. The molecule has 1 aromatic rings. The molecule has 1 aliphatic rings. The molecule has 6 nitrogen and oxygen atoms in total. The first kappa shape index (κ1) is 13.0. The van der Waals surface area contributed by atoms with Crippen LogP contribution in [-0.2, 0) is 0 Å². The predicted molar refractivity (Wildman–Crippen MR) is 69.9 cm³/mol. The van der Waals surface area contributed by atoms with E-state index in [1.807, 2.05) is 4.90 Å². The quantitative estimate of drug-likeness (QED) is 0.669. The highest BCUT2D eigenvalue weighted by atomic mass is 35.5. The van der Waals surface area contributed by atoms with E-state index < -0.39 is 4.92 Å². The van der Waals surface area contributed by atoms with Gasteiger partial charge in [0.05, 0.1) is 9.95 Å². The Morgan fingerprint density at radius 3 is 3.00 bits per heavy atom. The summed E-state index contributed by atoms with van der Waals surface area (Å²) in [5.41, 5.74) is 5.67. The molecule has 1 aliphatic heterocycles. The highest BCUT2D eigenvalue weighted by molar-refractivity contribution is 6.30. The van der Waals surface area contributed by atoms with E-state index in [0.29, 0.717) is 18.9 Å². The van der Waals surface area contributed by atoms with Gasteiger partial charge in [-0.15, -0.1) is 0 Å². The van der Waals surface area contributed by atoms with Gasteiger partial charge in [-0.05, 0) is 18.4 Å². The van der Waals surface area contributed by atoms with Gasteiger partial charge in [0.1, 0.15) is 0 Å². The van der Waals surface area contributed by atoms with Gasteiger partial charge < -0.3 is 10.6 Å². The summed E-state index contributed by atoms with van der Waals surface area (Å²) in [6, 6.07) is 1.34. The van der Waals surface area contributed by atoms with Crippen LogP contribution in [0, 0.1) is 15.5 Å². The normalized spacial score (nSPS) is 23.4. The van der Waals surface area contributed by atoms with Crippen molar-refractivity contribution in [3.63, 3.8) is 0 Å². The van der Waals surface area contributed by atoms with Gasteiger partial charge in [0.25, 0.3) is 0 Å². The zero-order valence-corrected chi connectivity index (χ0v) is 10.9. The van der Waals surface area contributed by atoms with E-state index >= 15 is 0 Å². The average Bonchev–Trinajstić information content (AvgIpc) is 2.72. The van der Waals surface area contributed by atoms with Gasteiger partial charge in [0.15, 0.2) is 0 Å². The van der Waals surface area contributed by atoms with E-state index in [4.69, 9.17) is 17.3 Å². The lowest BCUT2D eigenvalue weighted by atomic mass is 9.90. The van der Waals surface area contributed by atoms with Gasteiger partial charge in [0, 0.05) is 25.4 Å². The van der Waals surface area contributed by atoms with Crippen molar-refractivity contribution >= 4 is 23.1 Å². The van der Waals surface area contributed by atoms with Crippen LogP contribution in [0.5, 0.6) is 0 Å². The predicted octanol–water partition coefficient (Wildman–Crippen LogP) is 1.82. The van der Waals surface area contributed by atoms with Crippen LogP contribution in [0.4, 0.5) is 11.5 Å². The fourth-order valence-electron chi connectivity index (χ4n) is 2.17. The van der Waals surface area contributed by atoms with Crippen LogP contribution < -0.4 is 10.6 Å². The van der Waals surface area contributed by atoms with Gasteiger partial charge in [-0.25, -0.2) is 4.98 Å². The monoisotopic (exact) mass is 270 g/mol. The van der Waals surface area contributed by atoms with Crippen molar-refractivity contribution in [2.75, 3.05) is 24.5 Å². The zero-order chi connectivity index (χ0) is 13.3. The number of hydrogen-bond donors (Lipinski definition) is 1.